The molecule has 0 saturated carbocycles. The number of nitrogens with one attached hydrogen (secondary N) is 1. The van der Waals surface area contributed by atoms with Gasteiger partial charge in [0.05, 0.1) is 0 Å². The number of benzene rings is 1. The SMILES string of the molecule is CN(C)S(=O)(=O)NCc1cccc(/C=C/C(=O)O)c1. The first-order chi connectivity index (χ1) is 8.81. The van der Waals surface area contributed by atoms with E-state index in [1.54, 1.807) is 24.3 Å². The lowest BCUT2D eigenvalue weighted by Gasteiger charge is -2.12. The molecule has 1 aromatic rings. The van der Waals surface area contributed by atoms with Gasteiger partial charge in [-0.05, 0) is 17.2 Å². The van der Waals surface area contributed by atoms with Gasteiger partial charge in [-0.2, -0.15) is 17.4 Å². The zero-order valence-corrected chi connectivity index (χ0v) is 11.5. The van der Waals surface area contributed by atoms with Gasteiger partial charge >= 0.3 is 5.97 Å². The third-order valence-electron chi connectivity index (χ3n) is 2.31. The minimum Gasteiger partial charge on any atom is -0.478 e. The van der Waals surface area contributed by atoms with Crippen molar-refractivity contribution in [2.75, 3.05) is 14.1 Å². The largest absolute Gasteiger partial charge is 0.478 e. The predicted molar refractivity (Wildman–Crippen MR) is 72.6 cm³/mol. The van der Waals surface area contributed by atoms with Crippen LogP contribution in [0.4, 0.5) is 0 Å². The van der Waals surface area contributed by atoms with Gasteiger partial charge in [0.25, 0.3) is 10.2 Å². The van der Waals surface area contributed by atoms with Crippen molar-refractivity contribution in [3.8, 4) is 0 Å². The van der Waals surface area contributed by atoms with E-state index in [-0.39, 0.29) is 6.54 Å². The van der Waals surface area contributed by atoms with Crippen LogP contribution in [0.15, 0.2) is 30.3 Å². The summed E-state index contributed by atoms with van der Waals surface area (Å²) >= 11 is 0. The zero-order chi connectivity index (χ0) is 14.5. The molecule has 0 aliphatic heterocycles. The Labute approximate surface area is 112 Å². The van der Waals surface area contributed by atoms with Gasteiger partial charge in [0, 0.05) is 26.7 Å². The molecule has 19 heavy (non-hydrogen) atoms. The Hall–Kier alpha value is -1.70. The maximum absolute atomic E-state index is 11.5. The Bertz CT molecular complexity index is 579. The van der Waals surface area contributed by atoms with Crippen LogP contribution in [0.5, 0.6) is 0 Å². The van der Waals surface area contributed by atoms with Crippen LogP contribution in [0.1, 0.15) is 11.1 Å². The zero-order valence-electron chi connectivity index (χ0n) is 10.7. The quantitative estimate of drug-likeness (QED) is 0.752. The molecule has 0 radical (unpaired) electrons. The van der Waals surface area contributed by atoms with Crippen LogP contribution in [0, 0.1) is 0 Å². The van der Waals surface area contributed by atoms with Gasteiger partial charge in [0.15, 0.2) is 0 Å². The lowest BCUT2D eigenvalue weighted by atomic mass is 10.1. The molecular weight excluding hydrogens is 268 g/mol. The molecule has 7 heteroatoms. The minimum absolute atomic E-state index is 0.148. The monoisotopic (exact) mass is 284 g/mol. The minimum atomic E-state index is -3.46. The molecule has 104 valence electrons. The third kappa shape index (κ3) is 5.21. The van der Waals surface area contributed by atoms with Crippen molar-refractivity contribution < 1.29 is 18.3 Å². The topological polar surface area (TPSA) is 86.7 Å². The van der Waals surface area contributed by atoms with E-state index < -0.39 is 16.2 Å². The summed E-state index contributed by atoms with van der Waals surface area (Å²) in [6.07, 6.45) is 2.48. The molecule has 0 aliphatic carbocycles. The Morgan fingerprint density at radius 2 is 2.11 bits per heavy atom. The van der Waals surface area contributed by atoms with Crippen LogP contribution in [-0.4, -0.2) is 37.9 Å². The first-order valence-corrected chi connectivity index (χ1v) is 6.92. The summed E-state index contributed by atoms with van der Waals surface area (Å²) in [7, 11) is -0.586. The Morgan fingerprint density at radius 1 is 1.42 bits per heavy atom. The molecule has 0 spiro atoms. The smallest absolute Gasteiger partial charge is 0.328 e. The van der Waals surface area contributed by atoms with E-state index in [4.69, 9.17) is 5.11 Å². The van der Waals surface area contributed by atoms with Crippen LogP contribution < -0.4 is 4.72 Å². The number of rotatable bonds is 6. The van der Waals surface area contributed by atoms with E-state index in [0.717, 1.165) is 15.9 Å². The Kier molecular flexibility index (Phi) is 5.22. The summed E-state index contributed by atoms with van der Waals surface area (Å²) in [6.45, 7) is 0.148. The summed E-state index contributed by atoms with van der Waals surface area (Å²) in [6, 6.07) is 6.96. The summed E-state index contributed by atoms with van der Waals surface area (Å²) in [5.74, 6) is -1.03. The van der Waals surface area contributed by atoms with E-state index in [9.17, 15) is 13.2 Å². The number of carbonyl (C=O) groups is 1. The molecule has 0 amide bonds. The second-order valence-corrected chi connectivity index (χ2v) is 5.99. The lowest BCUT2D eigenvalue weighted by Crippen LogP contribution is -2.35. The van der Waals surface area contributed by atoms with Gasteiger partial charge in [-0.15, -0.1) is 0 Å². The molecule has 0 fully saturated rings. The summed E-state index contributed by atoms with van der Waals surface area (Å²) in [5.41, 5.74) is 1.45. The molecule has 0 aliphatic rings. The lowest BCUT2D eigenvalue weighted by molar-refractivity contribution is -0.131. The van der Waals surface area contributed by atoms with Gasteiger partial charge in [0.2, 0.25) is 0 Å². The van der Waals surface area contributed by atoms with Gasteiger partial charge < -0.3 is 5.11 Å². The van der Waals surface area contributed by atoms with Crippen LogP contribution in [0.25, 0.3) is 6.08 Å². The number of hydrogen-bond donors (Lipinski definition) is 2. The number of aliphatic carboxylic acids is 1. The predicted octanol–water partition coefficient (Wildman–Crippen LogP) is 0.680. The van der Waals surface area contributed by atoms with E-state index in [1.165, 1.54) is 20.2 Å². The maximum Gasteiger partial charge on any atom is 0.328 e. The molecule has 0 atom stereocenters. The van der Waals surface area contributed by atoms with Gasteiger partial charge in [-0.3, -0.25) is 0 Å². The maximum atomic E-state index is 11.5. The highest BCUT2D eigenvalue weighted by Gasteiger charge is 2.11. The van der Waals surface area contributed by atoms with Gasteiger partial charge in [0.1, 0.15) is 0 Å². The highest BCUT2D eigenvalue weighted by molar-refractivity contribution is 7.87. The van der Waals surface area contributed by atoms with Crippen molar-refractivity contribution in [3.63, 3.8) is 0 Å². The molecule has 0 bridgehead atoms. The van der Waals surface area contributed by atoms with E-state index in [2.05, 4.69) is 4.72 Å². The molecular formula is C12H16N2O4S. The molecule has 6 nitrogen and oxygen atoms in total. The average molecular weight is 284 g/mol. The van der Waals surface area contributed by atoms with E-state index in [0.29, 0.717) is 5.56 Å². The van der Waals surface area contributed by atoms with Crippen molar-refractivity contribution in [1.82, 2.24) is 9.03 Å². The van der Waals surface area contributed by atoms with E-state index >= 15 is 0 Å². The number of carboxylic acid groups (broad SMARTS) is 1. The molecule has 0 heterocycles. The first-order valence-electron chi connectivity index (χ1n) is 5.48. The summed E-state index contributed by atoms with van der Waals surface area (Å²) < 4.78 is 26.6. The molecule has 0 unspecified atom stereocenters. The highest BCUT2D eigenvalue weighted by Crippen LogP contribution is 2.07. The van der Waals surface area contributed by atoms with Gasteiger partial charge in [-0.1, -0.05) is 24.3 Å². The van der Waals surface area contributed by atoms with Crippen LogP contribution in [0.2, 0.25) is 0 Å². The van der Waals surface area contributed by atoms with Crippen LogP contribution in [0.3, 0.4) is 0 Å². The fraction of sp³-hybridized carbons (Fsp3) is 0.250. The van der Waals surface area contributed by atoms with Crippen molar-refractivity contribution in [2.24, 2.45) is 0 Å². The van der Waals surface area contributed by atoms with Crippen LogP contribution in [-0.2, 0) is 21.5 Å². The number of carboxylic acids is 1. The normalized spacial score (nSPS) is 12.2. The van der Waals surface area contributed by atoms with Crippen molar-refractivity contribution in [3.05, 3.63) is 41.5 Å². The molecule has 2 N–H and O–H groups in total. The summed E-state index contributed by atoms with van der Waals surface area (Å²) in [5, 5.41) is 8.53. The highest BCUT2D eigenvalue weighted by atomic mass is 32.2. The fourth-order valence-corrected chi connectivity index (χ4v) is 1.89. The second-order valence-electron chi connectivity index (χ2n) is 4.03. The number of hydrogen-bond acceptors (Lipinski definition) is 3. The van der Waals surface area contributed by atoms with Crippen molar-refractivity contribution in [2.45, 2.75) is 6.54 Å². The van der Waals surface area contributed by atoms with Crippen molar-refractivity contribution >= 4 is 22.3 Å². The van der Waals surface area contributed by atoms with E-state index in [1.807, 2.05) is 0 Å². The number of nitrogens with zero attached hydrogens (tertiary/aromatic N) is 1. The Morgan fingerprint density at radius 3 is 2.68 bits per heavy atom. The molecule has 1 aromatic carbocycles. The average Bonchev–Trinajstić information content (AvgIpc) is 2.34. The molecule has 0 aromatic heterocycles. The molecule has 1 rings (SSSR count). The third-order valence-corrected chi connectivity index (χ3v) is 3.78. The fourth-order valence-electron chi connectivity index (χ4n) is 1.28. The van der Waals surface area contributed by atoms with Gasteiger partial charge in [-0.25, -0.2) is 4.79 Å². The first kappa shape index (κ1) is 15.4. The van der Waals surface area contributed by atoms with Crippen molar-refractivity contribution in [1.29, 1.82) is 0 Å². The second kappa shape index (κ2) is 6.46. The van der Waals surface area contributed by atoms with Crippen LogP contribution >= 0.6 is 0 Å². The summed E-state index contributed by atoms with van der Waals surface area (Å²) in [4.78, 5) is 10.4. The standard InChI is InChI=1S/C12H16N2O4S/c1-14(2)19(17,18)13-9-11-5-3-4-10(8-11)6-7-12(15)16/h3-8,13H,9H2,1-2H3,(H,15,16)/b7-6+. The molecule has 0 saturated heterocycles. The Balaban J connectivity index is 2.76.